The van der Waals surface area contributed by atoms with Gasteiger partial charge in [-0.2, -0.15) is 0 Å². The summed E-state index contributed by atoms with van der Waals surface area (Å²) in [6, 6.07) is 17.0. The SMILES string of the molecule is COc1ccc(Nc2ccc(NC(=O)Cc3ccccc3C)cn2)cc1OC. The van der Waals surface area contributed by atoms with E-state index in [4.69, 9.17) is 9.47 Å². The number of carbonyl (C=O) groups is 1. The molecular formula is C22H23N3O3. The number of aromatic nitrogens is 1. The maximum absolute atomic E-state index is 12.3. The fourth-order valence-electron chi connectivity index (χ4n) is 2.79. The number of nitrogens with one attached hydrogen (secondary N) is 2. The van der Waals surface area contributed by atoms with Crippen molar-refractivity contribution in [2.75, 3.05) is 24.9 Å². The maximum atomic E-state index is 12.3. The minimum absolute atomic E-state index is 0.0725. The molecule has 0 fully saturated rings. The molecule has 0 aliphatic rings. The lowest BCUT2D eigenvalue weighted by Crippen LogP contribution is -2.15. The minimum Gasteiger partial charge on any atom is -0.493 e. The van der Waals surface area contributed by atoms with E-state index in [1.807, 2.05) is 55.5 Å². The number of methoxy groups -OCH3 is 2. The van der Waals surface area contributed by atoms with E-state index in [0.29, 0.717) is 29.4 Å². The number of ether oxygens (including phenoxy) is 2. The van der Waals surface area contributed by atoms with Gasteiger partial charge in [-0.25, -0.2) is 4.98 Å². The number of anilines is 3. The molecule has 3 aromatic rings. The van der Waals surface area contributed by atoms with Gasteiger partial charge in [0.1, 0.15) is 5.82 Å². The number of hydrogen-bond acceptors (Lipinski definition) is 5. The summed E-state index contributed by atoms with van der Waals surface area (Å²) < 4.78 is 10.5. The molecule has 0 bridgehead atoms. The summed E-state index contributed by atoms with van der Waals surface area (Å²) in [7, 11) is 3.19. The molecule has 0 unspecified atom stereocenters. The number of carbonyl (C=O) groups excluding carboxylic acids is 1. The van der Waals surface area contributed by atoms with Gasteiger partial charge in [0.25, 0.3) is 0 Å². The maximum Gasteiger partial charge on any atom is 0.228 e. The highest BCUT2D eigenvalue weighted by Crippen LogP contribution is 2.30. The van der Waals surface area contributed by atoms with Gasteiger partial charge < -0.3 is 20.1 Å². The standard InChI is InChI=1S/C22H23N3O3/c1-15-6-4-5-7-16(15)12-22(26)25-18-9-11-21(23-14-18)24-17-8-10-19(27-2)20(13-17)28-3/h4-11,13-14H,12H2,1-3H3,(H,23,24)(H,25,26). The van der Waals surface area contributed by atoms with Gasteiger partial charge in [0.2, 0.25) is 5.91 Å². The van der Waals surface area contributed by atoms with Crippen LogP contribution in [0.4, 0.5) is 17.2 Å². The van der Waals surface area contributed by atoms with Crippen LogP contribution in [0.2, 0.25) is 0 Å². The van der Waals surface area contributed by atoms with Crippen molar-refractivity contribution < 1.29 is 14.3 Å². The molecule has 2 N–H and O–H groups in total. The second-order valence-electron chi connectivity index (χ2n) is 6.28. The molecule has 3 rings (SSSR count). The Kier molecular flexibility index (Phi) is 6.11. The Hall–Kier alpha value is -3.54. The number of pyridine rings is 1. The Bertz CT molecular complexity index is 955. The van der Waals surface area contributed by atoms with Crippen LogP contribution in [-0.2, 0) is 11.2 Å². The Morgan fingerprint density at radius 2 is 1.71 bits per heavy atom. The molecular weight excluding hydrogens is 354 g/mol. The first-order valence-corrected chi connectivity index (χ1v) is 8.88. The molecule has 0 atom stereocenters. The number of aryl methyl sites for hydroxylation is 1. The monoisotopic (exact) mass is 377 g/mol. The second-order valence-corrected chi connectivity index (χ2v) is 6.28. The number of hydrogen-bond donors (Lipinski definition) is 2. The fraction of sp³-hybridized carbons (Fsp3) is 0.182. The van der Waals surface area contributed by atoms with Crippen molar-refractivity contribution in [1.82, 2.24) is 4.98 Å². The van der Waals surface area contributed by atoms with Gasteiger partial charge >= 0.3 is 0 Å². The van der Waals surface area contributed by atoms with Crippen LogP contribution in [0.15, 0.2) is 60.8 Å². The topological polar surface area (TPSA) is 72.5 Å². The highest BCUT2D eigenvalue weighted by atomic mass is 16.5. The number of rotatable bonds is 7. The van der Waals surface area contributed by atoms with Gasteiger partial charge in [0.05, 0.1) is 32.5 Å². The minimum atomic E-state index is -0.0725. The van der Waals surface area contributed by atoms with E-state index in [0.717, 1.165) is 16.8 Å². The molecule has 0 saturated heterocycles. The van der Waals surface area contributed by atoms with Crippen molar-refractivity contribution in [1.29, 1.82) is 0 Å². The zero-order chi connectivity index (χ0) is 19.9. The van der Waals surface area contributed by atoms with Crippen LogP contribution >= 0.6 is 0 Å². The van der Waals surface area contributed by atoms with Crippen molar-refractivity contribution in [3.63, 3.8) is 0 Å². The summed E-state index contributed by atoms with van der Waals surface area (Å²) in [5, 5.41) is 6.07. The van der Waals surface area contributed by atoms with Crippen LogP contribution in [0.25, 0.3) is 0 Å². The van der Waals surface area contributed by atoms with E-state index >= 15 is 0 Å². The summed E-state index contributed by atoms with van der Waals surface area (Å²) in [4.78, 5) is 16.6. The number of nitrogens with zero attached hydrogens (tertiary/aromatic N) is 1. The van der Waals surface area contributed by atoms with E-state index in [1.54, 1.807) is 26.5 Å². The van der Waals surface area contributed by atoms with Crippen LogP contribution in [0, 0.1) is 6.92 Å². The lowest BCUT2D eigenvalue weighted by Gasteiger charge is -2.11. The summed E-state index contributed by atoms with van der Waals surface area (Å²) in [6.45, 7) is 2.00. The molecule has 0 aliphatic heterocycles. The molecule has 1 heterocycles. The zero-order valence-electron chi connectivity index (χ0n) is 16.2. The summed E-state index contributed by atoms with van der Waals surface area (Å²) in [6.07, 6.45) is 1.96. The third kappa shape index (κ3) is 4.79. The highest BCUT2D eigenvalue weighted by molar-refractivity contribution is 5.92. The largest absolute Gasteiger partial charge is 0.493 e. The first-order valence-electron chi connectivity index (χ1n) is 8.88. The Morgan fingerprint density at radius 3 is 2.39 bits per heavy atom. The van der Waals surface area contributed by atoms with Gasteiger partial charge in [0.15, 0.2) is 11.5 Å². The molecule has 0 radical (unpaired) electrons. The normalized spacial score (nSPS) is 10.2. The van der Waals surface area contributed by atoms with Gasteiger partial charge in [-0.05, 0) is 42.3 Å². The van der Waals surface area contributed by atoms with E-state index in [2.05, 4.69) is 15.6 Å². The Morgan fingerprint density at radius 1 is 0.964 bits per heavy atom. The van der Waals surface area contributed by atoms with Crippen LogP contribution in [-0.4, -0.2) is 25.1 Å². The van der Waals surface area contributed by atoms with Crippen LogP contribution in [0.3, 0.4) is 0 Å². The first-order chi connectivity index (χ1) is 13.6. The molecule has 1 amide bonds. The zero-order valence-corrected chi connectivity index (χ0v) is 16.2. The van der Waals surface area contributed by atoms with E-state index < -0.39 is 0 Å². The van der Waals surface area contributed by atoms with Gasteiger partial charge in [-0.15, -0.1) is 0 Å². The van der Waals surface area contributed by atoms with Crippen LogP contribution < -0.4 is 20.1 Å². The molecule has 0 aliphatic carbocycles. The van der Waals surface area contributed by atoms with Gasteiger partial charge in [-0.3, -0.25) is 4.79 Å². The Labute approximate surface area is 164 Å². The highest BCUT2D eigenvalue weighted by Gasteiger charge is 2.08. The first kappa shape index (κ1) is 19.2. The lowest BCUT2D eigenvalue weighted by molar-refractivity contribution is -0.115. The summed E-state index contributed by atoms with van der Waals surface area (Å²) in [5.74, 6) is 1.88. The third-order valence-corrected chi connectivity index (χ3v) is 4.32. The third-order valence-electron chi connectivity index (χ3n) is 4.32. The molecule has 0 spiro atoms. The fourth-order valence-corrected chi connectivity index (χ4v) is 2.79. The average Bonchev–Trinajstić information content (AvgIpc) is 2.71. The molecule has 1 aromatic heterocycles. The predicted octanol–water partition coefficient (Wildman–Crippen LogP) is 4.33. The molecule has 6 heteroatoms. The van der Waals surface area contributed by atoms with Gasteiger partial charge in [-0.1, -0.05) is 24.3 Å². The van der Waals surface area contributed by atoms with Crippen LogP contribution in [0.5, 0.6) is 11.5 Å². The van der Waals surface area contributed by atoms with Crippen molar-refractivity contribution in [2.45, 2.75) is 13.3 Å². The molecule has 6 nitrogen and oxygen atoms in total. The molecule has 0 saturated carbocycles. The van der Waals surface area contributed by atoms with Crippen molar-refractivity contribution in [3.05, 3.63) is 71.9 Å². The van der Waals surface area contributed by atoms with E-state index in [-0.39, 0.29) is 5.91 Å². The number of amides is 1. The van der Waals surface area contributed by atoms with Crippen LogP contribution in [0.1, 0.15) is 11.1 Å². The van der Waals surface area contributed by atoms with Crippen molar-refractivity contribution in [2.24, 2.45) is 0 Å². The summed E-state index contributed by atoms with van der Waals surface area (Å²) >= 11 is 0. The average molecular weight is 377 g/mol. The molecule has 2 aromatic carbocycles. The molecule has 144 valence electrons. The Balaban J connectivity index is 1.62. The quantitative estimate of drug-likeness (QED) is 0.641. The summed E-state index contributed by atoms with van der Waals surface area (Å²) in [5.41, 5.74) is 3.59. The second kappa shape index (κ2) is 8.90. The van der Waals surface area contributed by atoms with Crippen molar-refractivity contribution >= 4 is 23.1 Å². The van der Waals surface area contributed by atoms with Gasteiger partial charge in [0, 0.05) is 11.8 Å². The van der Waals surface area contributed by atoms with E-state index in [1.165, 1.54) is 0 Å². The smallest absolute Gasteiger partial charge is 0.228 e. The predicted molar refractivity (Wildman–Crippen MR) is 111 cm³/mol. The number of benzene rings is 2. The lowest BCUT2D eigenvalue weighted by atomic mass is 10.1. The van der Waals surface area contributed by atoms with Crippen molar-refractivity contribution in [3.8, 4) is 11.5 Å². The van der Waals surface area contributed by atoms with E-state index in [9.17, 15) is 4.79 Å². The molecule has 28 heavy (non-hydrogen) atoms.